The van der Waals surface area contributed by atoms with Crippen LogP contribution < -0.4 is 0 Å². The van der Waals surface area contributed by atoms with E-state index in [-0.39, 0.29) is 0 Å². The minimum atomic E-state index is 0.929. The van der Waals surface area contributed by atoms with Crippen LogP contribution in [-0.2, 0) is 0 Å². The Labute approximate surface area is 194 Å². The molecule has 6 aromatic rings. The molecule has 0 saturated carbocycles. The fourth-order valence-corrected chi connectivity index (χ4v) is 4.96. The van der Waals surface area contributed by atoms with Gasteiger partial charge in [0.15, 0.2) is 0 Å². The molecule has 0 aliphatic heterocycles. The smallest absolute Gasteiger partial charge is 0.137 e. The van der Waals surface area contributed by atoms with E-state index in [1.165, 1.54) is 38.5 Å². The van der Waals surface area contributed by atoms with Crippen molar-refractivity contribution in [3.8, 4) is 28.1 Å². The van der Waals surface area contributed by atoms with Gasteiger partial charge in [-0.2, -0.15) is 0 Å². The molecule has 0 bridgehead atoms. The molecule has 2 aromatic heterocycles. The monoisotopic (exact) mass is 474 g/mol. The molecule has 0 unspecified atom stereocenters. The van der Waals surface area contributed by atoms with Gasteiger partial charge in [-0.25, -0.2) is 4.98 Å². The van der Waals surface area contributed by atoms with Crippen molar-refractivity contribution in [3.05, 3.63) is 120 Å². The summed E-state index contributed by atoms with van der Waals surface area (Å²) in [6.07, 6.45) is 1.85. The van der Waals surface area contributed by atoms with Gasteiger partial charge in [0.2, 0.25) is 0 Å². The number of aromatic nitrogens is 2. The molecular formula is C29H19BrN2. The van der Waals surface area contributed by atoms with Crippen molar-refractivity contribution >= 4 is 37.7 Å². The first-order valence-corrected chi connectivity index (χ1v) is 11.4. The van der Waals surface area contributed by atoms with Crippen molar-refractivity contribution in [1.29, 1.82) is 0 Å². The normalized spacial score (nSPS) is 11.3. The number of hydrogen-bond donors (Lipinski definition) is 0. The third-order valence-electron chi connectivity index (χ3n) is 5.93. The molecular weight excluding hydrogens is 456 g/mol. The van der Waals surface area contributed by atoms with E-state index in [0.717, 1.165) is 15.8 Å². The van der Waals surface area contributed by atoms with E-state index in [9.17, 15) is 0 Å². The van der Waals surface area contributed by atoms with Crippen molar-refractivity contribution in [3.63, 3.8) is 0 Å². The molecule has 152 valence electrons. The number of fused-ring (bicyclic) bond motifs is 3. The summed E-state index contributed by atoms with van der Waals surface area (Å²) in [5.74, 6) is 0.929. The predicted octanol–water partition coefficient (Wildman–Crippen LogP) is 8.28. The second kappa shape index (κ2) is 7.77. The third-order valence-corrected chi connectivity index (χ3v) is 6.62. The van der Waals surface area contributed by atoms with E-state index < -0.39 is 0 Å². The Bertz CT molecular complexity index is 1580. The molecule has 0 spiro atoms. The lowest BCUT2D eigenvalue weighted by atomic mass is 9.98. The van der Waals surface area contributed by atoms with Gasteiger partial charge >= 0.3 is 0 Å². The molecule has 0 aliphatic carbocycles. The van der Waals surface area contributed by atoms with Gasteiger partial charge in [0.1, 0.15) is 5.82 Å². The highest BCUT2D eigenvalue weighted by molar-refractivity contribution is 9.10. The zero-order valence-corrected chi connectivity index (χ0v) is 18.8. The van der Waals surface area contributed by atoms with Crippen LogP contribution in [0.15, 0.2) is 120 Å². The first-order valence-electron chi connectivity index (χ1n) is 10.6. The number of rotatable bonds is 3. The van der Waals surface area contributed by atoms with E-state index in [4.69, 9.17) is 0 Å². The minimum absolute atomic E-state index is 0.929. The number of nitrogens with zero attached hydrogens (tertiary/aromatic N) is 2. The predicted molar refractivity (Wildman–Crippen MR) is 137 cm³/mol. The summed E-state index contributed by atoms with van der Waals surface area (Å²) in [6, 6.07) is 38.4. The number of hydrogen-bond acceptors (Lipinski definition) is 1. The van der Waals surface area contributed by atoms with E-state index in [2.05, 4.69) is 116 Å². The second-order valence-corrected chi connectivity index (χ2v) is 8.69. The van der Waals surface area contributed by atoms with Crippen LogP contribution in [0.3, 0.4) is 0 Å². The molecule has 3 heteroatoms. The van der Waals surface area contributed by atoms with Gasteiger partial charge in [-0.05, 0) is 58.7 Å². The SMILES string of the molecule is Brc1ccccc1-c1cccc(-c2ccc3c4ccccc4n(-c4ccccn4)c3c2)c1. The third kappa shape index (κ3) is 3.14. The number of para-hydroxylation sites is 1. The van der Waals surface area contributed by atoms with Crippen LogP contribution in [0.2, 0.25) is 0 Å². The van der Waals surface area contributed by atoms with Crippen LogP contribution in [-0.4, -0.2) is 9.55 Å². The summed E-state index contributed by atoms with van der Waals surface area (Å²) in [4.78, 5) is 4.65. The number of benzene rings is 4. The summed E-state index contributed by atoms with van der Waals surface area (Å²) in [7, 11) is 0. The highest BCUT2D eigenvalue weighted by atomic mass is 79.9. The Balaban J connectivity index is 1.58. The molecule has 4 aromatic carbocycles. The summed E-state index contributed by atoms with van der Waals surface area (Å²) < 4.78 is 3.36. The number of halogens is 1. The number of pyridine rings is 1. The molecule has 2 nitrogen and oxygen atoms in total. The van der Waals surface area contributed by atoms with Gasteiger partial charge in [0, 0.05) is 21.4 Å². The van der Waals surface area contributed by atoms with Crippen LogP contribution in [0, 0.1) is 0 Å². The van der Waals surface area contributed by atoms with Gasteiger partial charge in [-0.3, -0.25) is 4.57 Å². The van der Waals surface area contributed by atoms with Crippen molar-refractivity contribution in [2.24, 2.45) is 0 Å². The van der Waals surface area contributed by atoms with E-state index in [0.29, 0.717) is 0 Å². The largest absolute Gasteiger partial charge is 0.294 e. The molecule has 0 aliphatic rings. The van der Waals surface area contributed by atoms with Crippen LogP contribution >= 0.6 is 15.9 Å². The molecule has 0 N–H and O–H groups in total. The van der Waals surface area contributed by atoms with Crippen LogP contribution in [0.5, 0.6) is 0 Å². The first-order chi connectivity index (χ1) is 15.8. The summed E-state index contributed by atoms with van der Waals surface area (Å²) in [6.45, 7) is 0. The van der Waals surface area contributed by atoms with Crippen LogP contribution in [0.25, 0.3) is 49.9 Å². The fraction of sp³-hybridized carbons (Fsp3) is 0. The van der Waals surface area contributed by atoms with Crippen LogP contribution in [0.1, 0.15) is 0 Å². The molecule has 2 heterocycles. The van der Waals surface area contributed by atoms with Gasteiger partial charge in [0.05, 0.1) is 11.0 Å². The van der Waals surface area contributed by atoms with E-state index in [1.807, 2.05) is 24.4 Å². The molecule has 6 rings (SSSR count). The van der Waals surface area contributed by atoms with Gasteiger partial charge in [0.25, 0.3) is 0 Å². The van der Waals surface area contributed by atoms with Crippen molar-refractivity contribution < 1.29 is 0 Å². The highest BCUT2D eigenvalue weighted by Gasteiger charge is 2.14. The average molecular weight is 475 g/mol. The van der Waals surface area contributed by atoms with E-state index in [1.54, 1.807) is 0 Å². The highest BCUT2D eigenvalue weighted by Crippen LogP contribution is 2.36. The molecule has 0 atom stereocenters. The Hall–Kier alpha value is -3.69. The summed E-state index contributed by atoms with van der Waals surface area (Å²) >= 11 is 3.69. The Kier molecular flexibility index (Phi) is 4.62. The fourth-order valence-electron chi connectivity index (χ4n) is 4.44. The summed E-state index contributed by atoms with van der Waals surface area (Å²) in [5, 5.41) is 2.47. The Morgan fingerprint density at radius 2 is 1.31 bits per heavy atom. The minimum Gasteiger partial charge on any atom is -0.294 e. The zero-order chi connectivity index (χ0) is 21.5. The van der Waals surface area contributed by atoms with Crippen molar-refractivity contribution in [2.75, 3.05) is 0 Å². The van der Waals surface area contributed by atoms with Gasteiger partial charge < -0.3 is 0 Å². The first kappa shape index (κ1) is 19.0. The zero-order valence-electron chi connectivity index (χ0n) is 17.2. The average Bonchev–Trinajstić information content (AvgIpc) is 3.19. The molecule has 0 fully saturated rings. The van der Waals surface area contributed by atoms with Crippen molar-refractivity contribution in [1.82, 2.24) is 9.55 Å². The lowest BCUT2D eigenvalue weighted by molar-refractivity contribution is 1.08. The molecule has 0 saturated heterocycles. The topological polar surface area (TPSA) is 17.8 Å². The maximum absolute atomic E-state index is 4.65. The Morgan fingerprint density at radius 3 is 2.19 bits per heavy atom. The lowest BCUT2D eigenvalue weighted by Gasteiger charge is -2.10. The maximum atomic E-state index is 4.65. The quantitative estimate of drug-likeness (QED) is 0.252. The molecule has 32 heavy (non-hydrogen) atoms. The lowest BCUT2D eigenvalue weighted by Crippen LogP contribution is -1.96. The summed E-state index contributed by atoms with van der Waals surface area (Å²) in [5.41, 5.74) is 7.09. The van der Waals surface area contributed by atoms with Crippen LogP contribution in [0.4, 0.5) is 0 Å². The van der Waals surface area contributed by atoms with Gasteiger partial charge in [-0.1, -0.05) is 88.7 Å². The maximum Gasteiger partial charge on any atom is 0.137 e. The molecule has 0 amide bonds. The van der Waals surface area contributed by atoms with Crippen molar-refractivity contribution in [2.45, 2.75) is 0 Å². The van der Waals surface area contributed by atoms with E-state index >= 15 is 0 Å². The second-order valence-electron chi connectivity index (χ2n) is 7.83. The molecule has 0 radical (unpaired) electrons. The van der Waals surface area contributed by atoms with Gasteiger partial charge in [-0.15, -0.1) is 0 Å². The standard InChI is InChI=1S/C29H19BrN2/c30-26-12-3-1-10-23(26)22-9-7-8-20(18-22)21-15-16-25-24-11-2-4-13-27(24)32(28(25)19-21)29-14-5-6-17-31-29/h1-19H. The Morgan fingerprint density at radius 1 is 0.562 bits per heavy atom.